The van der Waals surface area contributed by atoms with E-state index in [2.05, 4.69) is 15.7 Å². The Kier molecular flexibility index (Phi) is 5.37. The number of nitrogens with zero attached hydrogens (tertiary/aromatic N) is 3. The first kappa shape index (κ1) is 19.0. The second-order valence-corrected chi connectivity index (χ2v) is 8.08. The maximum absolute atomic E-state index is 12.9. The summed E-state index contributed by atoms with van der Waals surface area (Å²) in [4.78, 5) is 14.8. The Morgan fingerprint density at radius 3 is 3.00 bits per heavy atom. The van der Waals surface area contributed by atoms with E-state index >= 15 is 0 Å². The molecule has 1 aromatic carbocycles. The minimum Gasteiger partial charge on any atom is -0.497 e. The maximum atomic E-state index is 12.9. The molecule has 0 aliphatic carbocycles. The van der Waals surface area contributed by atoms with Crippen molar-refractivity contribution in [3.8, 4) is 11.4 Å². The molecule has 1 amide bonds. The topological polar surface area (TPSA) is 71.4 Å². The lowest BCUT2D eigenvalue weighted by Gasteiger charge is -2.33. The van der Waals surface area contributed by atoms with Gasteiger partial charge in [-0.05, 0) is 49.9 Å². The van der Waals surface area contributed by atoms with Crippen molar-refractivity contribution in [2.75, 3.05) is 33.8 Å². The predicted molar refractivity (Wildman–Crippen MR) is 108 cm³/mol. The van der Waals surface area contributed by atoms with Crippen molar-refractivity contribution >= 4 is 5.91 Å². The van der Waals surface area contributed by atoms with E-state index in [0.717, 1.165) is 55.9 Å². The first-order valence-corrected chi connectivity index (χ1v) is 9.96. The molecule has 1 atom stereocenters. The van der Waals surface area contributed by atoms with Crippen LogP contribution in [0.2, 0.25) is 0 Å². The summed E-state index contributed by atoms with van der Waals surface area (Å²) in [5.74, 6) is 0.963. The number of benzene rings is 1. The lowest BCUT2D eigenvalue weighted by atomic mass is 9.77. The second-order valence-electron chi connectivity index (χ2n) is 8.08. The van der Waals surface area contributed by atoms with E-state index in [1.165, 1.54) is 0 Å². The third-order valence-corrected chi connectivity index (χ3v) is 6.07. The van der Waals surface area contributed by atoms with Crippen LogP contribution in [0, 0.1) is 5.41 Å². The van der Waals surface area contributed by atoms with Crippen molar-refractivity contribution in [3.63, 3.8) is 0 Å². The molecule has 2 saturated heterocycles. The molecule has 1 aromatic heterocycles. The summed E-state index contributed by atoms with van der Waals surface area (Å²) >= 11 is 0. The van der Waals surface area contributed by atoms with Crippen LogP contribution in [0.3, 0.4) is 0 Å². The zero-order valence-corrected chi connectivity index (χ0v) is 16.6. The highest BCUT2D eigenvalue weighted by Crippen LogP contribution is 2.37. The smallest absolute Gasteiger partial charge is 0.239 e. The van der Waals surface area contributed by atoms with Gasteiger partial charge >= 0.3 is 0 Å². The Bertz CT molecular complexity index is 828. The number of methoxy groups -OCH3 is 1. The standard InChI is InChI=1S/C21H29N5O2/c1-25(20(27)19-11-21(15-23-19)6-8-22-9-7-21)13-16-12-24-26(14-16)17-4-3-5-18(10-17)28-2/h3-5,10,12,14,19,22-23H,6-9,11,13,15H2,1-2H3. The van der Waals surface area contributed by atoms with E-state index < -0.39 is 0 Å². The van der Waals surface area contributed by atoms with Crippen LogP contribution < -0.4 is 15.4 Å². The Labute approximate surface area is 166 Å². The van der Waals surface area contributed by atoms with Gasteiger partial charge in [-0.2, -0.15) is 5.10 Å². The minimum atomic E-state index is -0.0727. The number of carbonyl (C=O) groups excluding carboxylic acids is 1. The summed E-state index contributed by atoms with van der Waals surface area (Å²) in [7, 11) is 3.53. The number of hydrogen-bond donors (Lipinski definition) is 2. The lowest BCUT2D eigenvalue weighted by molar-refractivity contribution is -0.132. The molecule has 28 heavy (non-hydrogen) atoms. The molecule has 0 saturated carbocycles. The number of piperidine rings is 1. The summed E-state index contributed by atoms with van der Waals surface area (Å²) in [6.45, 7) is 3.62. The van der Waals surface area contributed by atoms with Gasteiger partial charge in [0, 0.05) is 38.0 Å². The van der Waals surface area contributed by atoms with Crippen LogP contribution in [0.1, 0.15) is 24.8 Å². The summed E-state index contributed by atoms with van der Waals surface area (Å²) in [5.41, 5.74) is 2.24. The highest BCUT2D eigenvalue weighted by Gasteiger charge is 2.42. The van der Waals surface area contributed by atoms with Gasteiger partial charge in [-0.15, -0.1) is 0 Å². The monoisotopic (exact) mass is 383 g/mol. The first-order valence-electron chi connectivity index (χ1n) is 9.96. The number of amides is 1. The zero-order valence-electron chi connectivity index (χ0n) is 16.6. The molecular formula is C21H29N5O2. The average molecular weight is 383 g/mol. The van der Waals surface area contributed by atoms with Gasteiger partial charge in [-0.1, -0.05) is 6.07 Å². The van der Waals surface area contributed by atoms with Gasteiger partial charge < -0.3 is 20.3 Å². The Morgan fingerprint density at radius 2 is 2.21 bits per heavy atom. The molecule has 150 valence electrons. The third-order valence-electron chi connectivity index (χ3n) is 6.07. The van der Waals surface area contributed by atoms with Crippen molar-refractivity contribution in [1.29, 1.82) is 0 Å². The zero-order chi connectivity index (χ0) is 19.6. The van der Waals surface area contributed by atoms with E-state index in [0.29, 0.717) is 12.0 Å². The van der Waals surface area contributed by atoms with Crippen LogP contribution in [0.5, 0.6) is 5.75 Å². The molecule has 7 heteroatoms. The van der Waals surface area contributed by atoms with Gasteiger partial charge in [0.05, 0.1) is 25.0 Å². The second kappa shape index (κ2) is 7.93. The van der Waals surface area contributed by atoms with Crippen LogP contribution in [0.4, 0.5) is 0 Å². The van der Waals surface area contributed by atoms with Crippen LogP contribution in [-0.4, -0.2) is 60.4 Å². The number of rotatable bonds is 5. The quantitative estimate of drug-likeness (QED) is 0.820. The molecule has 2 aliphatic rings. The van der Waals surface area contributed by atoms with E-state index in [-0.39, 0.29) is 11.9 Å². The highest BCUT2D eigenvalue weighted by atomic mass is 16.5. The number of hydrogen-bond acceptors (Lipinski definition) is 5. The molecular weight excluding hydrogens is 354 g/mol. The molecule has 2 aromatic rings. The maximum Gasteiger partial charge on any atom is 0.239 e. The van der Waals surface area contributed by atoms with Gasteiger partial charge in [0.15, 0.2) is 0 Å². The van der Waals surface area contributed by atoms with E-state index in [1.54, 1.807) is 7.11 Å². The Morgan fingerprint density at radius 1 is 1.39 bits per heavy atom. The van der Waals surface area contributed by atoms with Crippen molar-refractivity contribution in [2.45, 2.75) is 31.8 Å². The third kappa shape index (κ3) is 3.91. The number of likely N-dealkylation sites (N-methyl/N-ethyl adjacent to an activating group) is 1. The van der Waals surface area contributed by atoms with Crippen LogP contribution >= 0.6 is 0 Å². The van der Waals surface area contributed by atoms with Crippen molar-refractivity contribution in [3.05, 3.63) is 42.2 Å². The molecule has 1 spiro atoms. The average Bonchev–Trinajstić information content (AvgIpc) is 3.36. The molecule has 2 N–H and O–H groups in total. The van der Waals surface area contributed by atoms with E-state index in [9.17, 15) is 4.79 Å². The van der Waals surface area contributed by atoms with Crippen LogP contribution in [-0.2, 0) is 11.3 Å². The largest absolute Gasteiger partial charge is 0.497 e. The highest BCUT2D eigenvalue weighted by molar-refractivity contribution is 5.82. The molecule has 7 nitrogen and oxygen atoms in total. The van der Waals surface area contributed by atoms with Gasteiger partial charge in [0.2, 0.25) is 5.91 Å². The number of nitrogens with one attached hydrogen (secondary N) is 2. The molecule has 2 aliphatic heterocycles. The summed E-state index contributed by atoms with van der Waals surface area (Å²) in [6.07, 6.45) is 7.04. The van der Waals surface area contributed by atoms with Gasteiger partial charge in [0.25, 0.3) is 0 Å². The van der Waals surface area contributed by atoms with Crippen molar-refractivity contribution in [1.82, 2.24) is 25.3 Å². The summed E-state index contributed by atoms with van der Waals surface area (Å²) in [6, 6.07) is 7.69. The van der Waals surface area contributed by atoms with Gasteiger partial charge in [0.1, 0.15) is 5.75 Å². The molecule has 1 unspecified atom stereocenters. The Balaban J connectivity index is 1.38. The summed E-state index contributed by atoms with van der Waals surface area (Å²) in [5, 5.41) is 11.3. The molecule has 4 rings (SSSR count). The molecule has 0 radical (unpaired) electrons. The van der Waals surface area contributed by atoms with Gasteiger partial charge in [-0.25, -0.2) is 4.68 Å². The fraction of sp³-hybridized carbons (Fsp3) is 0.524. The Hall–Kier alpha value is -2.38. The molecule has 0 bridgehead atoms. The SMILES string of the molecule is COc1cccc(-n2cc(CN(C)C(=O)C3CC4(CCNCC4)CN3)cn2)c1. The predicted octanol–water partition coefficient (Wildman–Crippen LogP) is 1.57. The van der Waals surface area contributed by atoms with Crippen LogP contribution in [0.25, 0.3) is 5.69 Å². The fourth-order valence-corrected chi connectivity index (χ4v) is 4.38. The number of ether oxygens (including phenoxy) is 1. The molecule has 2 fully saturated rings. The molecule has 3 heterocycles. The number of aromatic nitrogens is 2. The van der Waals surface area contributed by atoms with Crippen molar-refractivity contribution < 1.29 is 9.53 Å². The van der Waals surface area contributed by atoms with E-state index in [1.807, 2.05) is 53.3 Å². The lowest BCUT2D eigenvalue weighted by Crippen LogP contribution is -2.41. The first-order chi connectivity index (χ1) is 13.6. The normalized spacial score (nSPS) is 21.0. The van der Waals surface area contributed by atoms with E-state index in [4.69, 9.17) is 4.74 Å². The summed E-state index contributed by atoms with van der Waals surface area (Å²) < 4.78 is 7.09. The van der Waals surface area contributed by atoms with Crippen molar-refractivity contribution in [2.24, 2.45) is 5.41 Å². The minimum absolute atomic E-state index is 0.0727. The van der Waals surface area contributed by atoms with Gasteiger partial charge in [-0.3, -0.25) is 4.79 Å². The fourth-order valence-electron chi connectivity index (χ4n) is 4.38. The van der Waals surface area contributed by atoms with Crippen LogP contribution in [0.15, 0.2) is 36.7 Å². The number of carbonyl (C=O) groups is 1.